The number of amides is 1. The third-order valence-electron chi connectivity index (χ3n) is 3.87. The molecule has 1 atom stereocenters. The summed E-state index contributed by atoms with van der Waals surface area (Å²) < 4.78 is 32.3. The lowest BCUT2D eigenvalue weighted by atomic mass is 9.97. The Kier molecular flexibility index (Phi) is 5.11. The maximum absolute atomic E-state index is 13.0. The van der Waals surface area contributed by atoms with Gasteiger partial charge in [-0.3, -0.25) is 4.79 Å². The Labute approximate surface area is 135 Å². The molecule has 22 heavy (non-hydrogen) atoms. The minimum absolute atomic E-state index is 0.00273. The van der Waals surface area contributed by atoms with E-state index < -0.39 is 15.6 Å². The minimum atomic E-state index is -3.89. The smallest absolute Gasteiger partial charge is 0.245 e. The van der Waals surface area contributed by atoms with E-state index in [0.29, 0.717) is 12.8 Å². The van der Waals surface area contributed by atoms with E-state index in [-0.39, 0.29) is 29.0 Å². The van der Waals surface area contributed by atoms with Gasteiger partial charge in [0.1, 0.15) is 10.4 Å². The second kappa shape index (κ2) is 6.54. The predicted molar refractivity (Wildman–Crippen MR) is 83.3 cm³/mol. The molecule has 0 aliphatic carbocycles. The van der Waals surface area contributed by atoms with Crippen LogP contribution in [0.4, 0.5) is 0 Å². The fourth-order valence-electron chi connectivity index (χ4n) is 2.88. The number of carbonyl (C=O) groups is 1. The summed E-state index contributed by atoms with van der Waals surface area (Å²) in [6, 6.07) is 6.22. The Morgan fingerprint density at radius 2 is 2.14 bits per heavy atom. The molecule has 1 saturated heterocycles. The van der Waals surface area contributed by atoms with Gasteiger partial charge in [0.25, 0.3) is 0 Å². The normalized spacial score (nSPS) is 22.7. The van der Waals surface area contributed by atoms with Gasteiger partial charge in [-0.25, -0.2) is 8.42 Å². The number of benzene rings is 1. The quantitative estimate of drug-likeness (QED) is 0.870. The Balaban J connectivity index is 2.53. The highest BCUT2D eigenvalue weighted by Gasteiger charge is 2.53. The van der Waals surface area contributed by atoms with Gasteiger partial charge in [-0.1, -0.05) is 23.7 Å². The number of methoxy groups -OCH3 is 1. The number of rotatable bonds is 5. The third-order valence-corrected chi connectivity index (χ3v) is 6.33. The molecular weight excluding hydrogens is 328 g/mol. The highest BCUT2D eigenvalue weighted by atomic mass is 35.5. The summed E-state index contributed by atoms with van der Waals surface area (Å²) in [5, 5.41) is 2.68. The van der Waals surface area contributed by atoms with Crippen LogP contribution in [0.1, 0.15) is 12.8 Å². The summed E-state index contributed by atoms with van der Waals surface area (Å²) in [4.78, 5) is 12.4. The molecule has 1 aromatic carbocycles. The molecule has 1 fully saturated rings. The monoisotopic (exact) mass is 346 g/mol. The first-order chi connectivity index (χ1) is 10.4. The SMILES string of the molecule is CNC(=O)C1(COC)CCCN1S(=O)(=O)c1ccccc1Cl. The number of carbonyl (C=O) groups excluding carboxylic acids is 1. The zero-order chi connectivity index (χ0) is 16.4. The lowest BCUT2D eigenvalue weighted by Crippen LogP contribution is -2.59. The van der Waals surface area contributed by atoms with Crippen molar-refractivity contribution in [3.63, 3.8) is 0 Å². The van der Waals surface area contributed by atoms with Crippen molar-refractivity contribution in [2.75, 3.05) is 27.3 Å². The Hall–Kier alpha value is -1.15. The van der Waals surface area contributed by atoms with Gasteiger partial charge in [0.05, 0.1) is 11.6 Å². The number of halogens is 1. The van der Waals surface area contributed by atoms with Gasteiger partial charge in [0.2, 0.25) is 15.9 Å². The van der Waals surface area contributed by atoms with E-state index in [1.54, 1.807) is 12.1 Å². The maximum atomic E-state index is 13.0. The average Bonchev–Trinajstić information content (AvgIpc) is 2.92. The number of likely N-dealkylation sites (N-methyl/N-ethyl adjacent to an activating group) is 1. The molecule has 1 heterocycles. The molecule has 122 valence electrons. The van der Waals surface area contributed by atoms with Crippen LogP contribution in [0.5, 0.6) is 0 Å². The first kappa shape index (κ1) is 17.2. The lowest BCUT2D eigenvalue weighted by molar-refractivity contribution is -0.131. The number of hydrogen-bond donors (Lipinski definition) is 1. The molecule has 0 radical (unpaired) electrons. The van der Waals surface area contributed by atoms with Crippen LogP contribution in [0.15, 0.2) is 29.2 Å². The molecule has 1 amide bonds. The number of nitrogens with one attached hydrogen (secondary N) is 1. The van der Waals surface area contributed by atoms with Crippen molar-refractivity contribution >= 4 is 27.5 Å². The number of nitrogens with zero attached hydrogens (tertiary/aromatic N) is 1. The van der Waals surface area contributed by atoms with Crippen LogP contribution < -0.4 is 5.32 Å². The van der Waals surface area contributed by atoms with Crippen molar-refractivity contribution in [3.8, 4) is 0 Å². The number of ether oxygens (including phenoxy) is 1. The van der Waals surface area contributed by atoms with Crippen LogP contribution >= 0.6 is 11.6 Å². The van der Waals surface area contributed by atoms with Gasteiger partial charge in [-0.05, 0) is 25.0 Å². The Bertz CT molecular complexity index is 665. The highest BCUT2D eigenvalue weighted by molar-refractivity contribution is 7.89. The molecule has 6 nitrogen and oxygen atoms in total. The molecular formula is C14H19ClN2O4S. The van der Waals surface area contributed by atoms with Gasteiger partial charge in [-0.15, -0.1) is 0 Å². The van der Waals surface area contributed by atoms with E-state index in [0.717, 1.165) is 0 Å². The van der Waals surface area contributed by atoms with Crippen LogP contribution in [-0.4, -0.2) is 51.5 Å². The summed E-state index contributed by atoms with van der Waals surface area (Å²) in [7, 11) is -0.962. The molecule has 2 rings (SSSR count). The van der Waals surface area contributed by atoms with Gasteiger partial charge < -0.3 is 10.1 Å². The zero-order valence-corrected chi connectivity index (χ0v) is 14.1. The van der Waals surface area contributed by atoms with Crippen molar-refractivity contribution in [2.24, 2.45) is 0 Å². The second-order valence-corrected chi connectivity index (χ2v) is 7.39. The molecule has 0 aromatic heterocycles. The van der Waals surface area contributed by atoms with Crippen LogP contribution in [0.3, 0.4) is 0 Å². The van der Waals surface area contributed by atoms with Crippen LogP contribution in [-0.2, 0) is 19.6 Å². The third kappa shape index (κ3) is 2.74. The summed E-state index contributed by atoms with van der Waals surface area (Å²) in [5.41, 5.74) is -1.23. The lowest BCUT2D eigenvalue weighted by Gasteiger charge is -2.35. The Morgan fingerprint density at radius 1 is 1.45 bits per heavy atom. The van der Waals surface area contributed by atoms with E-state index in [4.69, 9.17) is 16.3 Å². The first-order valence-electron chi connectivity index (χ1n) is 6.88. The molecule has 1 aliphatic rings. The van der Waals surface area contributed by atoms with Crippen molar-refractivity contribution < 1.29 is 17.9 Å². The molecule has 1 aliphatic heterocycles. The Morgan fingerprint density at radius 3 is 2.73 bits per heavy atom. The fourth-order valence-corrected chi connectivity index (χ4v) is 5.17. The molecule has 1 N–H and O–H groups in total. The van der Waals surface area contributed by atoms with E-state index in [9.17, 15) is 13.2 Å². The zero-order valence-electron chi connectivity index (χ0n) is 12.5. The van der Waals surface area contributed by atoms with Gasteiger partial charge in [0.15, 0.2) is 0 Å². The second-order valence-electron chi connectivity index (χ2n) is 5.15. The standard InChI is InChI=1S/C14H19ClN2O4S/c1-16-13(18)14(10-21-2)8-5-9-17(14)22(19,20)12-7-4-3-6-11(12)15/h3-4,6-7H,5,8-10H2,1-2H3,(H,16,18). The molecule has 0 bridgehead atoms. The maximum Gasteiger partial charge on any atom is 0.245 e. The molecule has 8 heteroatoms. The van der Waals surface area contributed by atoms with Gasteiger partial charge in [-0.2, -0.15) is 4.31 Å². The number of sulfonamides is 1. The molecule has 0 spiro atoms. The largest absolute Gasteiger partial charge is 0.382 e. The van der Waals surface area contributed by atoms with Crippen LogP contribution in [0, 0.1) is 0 Å². The van der Waals surface area contributed by atoms with E-state index in [1.807, 2.05) is 0 Å². The summed E-state index contributed by atoms with van der Waals surface area (Å²) in [6.45, 7) is 0.251. The average molecular weight is 347 g/mol. The molecule has 1 aromatic rings. The van der Waals surface area contributed by atoms with Crippen molar-refractivity contribution in [3.05, 3.63) is 29.3 Å². The first-order valence-corrected chi connectivity index (χ1v) is 8.70. The predicted octanol–water partition coefficient (Wildman–Crippen LogP) is 1.26. The van der Waals surface area contributed by atoms with Crippen LogP contribution in [0.2, 0.25) is 5.02 Å². The summed E-state index contributed by atoms with van der Waals surface area (Å²) in [5.74, 6) is -0.373. The topological polar surface area (TPSA) is 75.7 Å². The summed E-state index contributed by atoms with van der Waals surface area (Å²) >= 11 is 6.03. The number of hydrogen-bond acceptors (Lipinski definition) is 4. The van der Waals surface area contributed by atoms with Crippen molar-refractivity contribution in [2.45, 2.75) is 23.3 Å². The molecule has 1 unspecified atom stereocenters. The van der Waals surface area contributed by atoms with Crippen LogP contribution in [0.25, 0.3) is 0 Å². The van der Waals surface area contributed by atoms with E-state index >= 15 is 0 Å². The molecule has 0 saturated carbocycles. The van der Waals surface area contributed by atoms with Gasteiger partial charge in [0, 0.05) is 20.7 Å². The van der Waals surface area contributed by atoms with E-state index in [1.165, 1.54) is 30.6 Å². The van der Waals surface area contributed by atoms with Crippen molar-refractivity contribution in [1.82, 2.24) is 9.62 Å². The summed E-state index contributed by atoms with van der Waals surface area (Å²) in [6.07, 6.45) is 0.991. The van der Waals surface area contributed by atoms with Crippen molar-refractivity contribution in [1.29, 1.82) is 0 Å². The fraction of sp³-hybridized carbons (Fsp3) is 0.500. The van der Waals surface area contributed by atoms with Gasteiger partial charge >= 0.3 is 0 Å². The van der Waals surface area contributed by atoms with E-state index in [2.05, 4.69) is 5.32 Å². The highest BCUT2D eigenvalue weighted by Crippen LogP contribution is 2.37. The minimum Gasteiger partial charge on any atom is -0.382 e.